The van der Waals surface area contributed by atoms with Crippen LogP contribution in [-0.4, -0.2) is 32.6 Å². The van der Waals surface area contributed by atoms with Gasteiger partial charge in [-0.05, 0) is 30.9 Å². The number of para-hydroxylation sites is 2. The molecule has 1 N–H and O–H groups in total. The number of benzene rings is 1. The molecule has 132 valence electrons. The lowest BCUT2D eigenvalue weighted by Gasteiger charge is -2.40. The number of ketones is 1. The third-order valence-electron chi connectivity index (χ3n) is 5.67. The number of aromatic nitrogens is 2. The van der Waals surface area contributed by atoms with Gasteiger partial charge in [0.1, 0.15) is 11.9 Å². The quantitative estimate of drug-likeness (QED) is 0.933. The summed E-state index contributed by atoms with van der Waals surface area (Å²) in [6.07, 6.45) is 4.16. The summed E-state index contributed by atoms with van der Waals surface area (Å²) in [4.78, 5) is 17.8. The number of rotatable bonds is 3. The second-order valence-electron chi connectivity index (χ2n) is 7.25. The van der Waals surface area contributed by atoms with Crippen molar-refractivity contribution < 1.29 is 14.6 Å². The summed E-state index contributed by atoms with van der Waals surface area (Å²) >= 11 is 0. The number of Topliss-reactive ketones (excluding diaryl/α,β-unsaturated/α-hetero) is 1. The summed E-state index contributed by atoms with van der Waals surface area (Å²) in [7, 11) is 1.93. The molecule has 0 spiro atoms. The van der Waals surface area contributed by atoms with Gasteiger partial charge < -0.3 is 14.4 Å². The fourth-order valence-corrected chi connectivity index (χ4v) is 4.30. The summed E-state index contributed by atoms with van der Waals surface area (Å²) in [6, 6.07) is 7.86. The third kappa shape index (κ3) is 2.67. The van der Waals surface area contributed by atoms with Gasteiger partial charge in [-0.1, -0.05) is 25.5 Å². The number of aliphatic hydroxyl groups is 1. The monoisotopic (exact) mass is 340 g/mol. The molecule has 4 rings (SSSR count). The van der Waals surface area contributed by atoms with Gasteiger partial charge in [-0.2, -0.15) is 0 Å². The zero-order valence-electron chi connectivity index (χ0n) is 14.7. The highest BCUT2D eigenvalue weighted by atomic mass is 16.5. The number of nitrogens with zero attached hydrogens (tertiary/aromatic N) is 2. The van der Waals surface area contributed by atoms with Gasteiger partial charge in [0.25, 0.3) is 0 Å². The van der Waals surface area contributed by atoms with Crippen LogP contribution in [0.2, 0.25) is 0 Å². The Morgan fingerprint density at radius 1 is 1.32 bits per heavy atom. The van der Waals surface area contributed by atoms with E-state index >= 15 is 0 Å². The maximum absolute atomic E-state index is 13.2. The SMILES string of the molecule is CCCC1CC2C(=O)C(c3nc4ccccc4n3C)=COC2CC1O. The number of aliphatic hydroxyl groups excluding tert-OH is 1. The zero-order chi connectivity index (χ0) is 17.6. The lowest BCUT2D eigenvalue weighted by atomic mass is 9.72. The van der Waals surface area contributed by atoms with Crippen molar-refractivity contribution in [2.45, 2.75) is 44.8 Å². The predicted molar refractivity (Wildman–Crippen MR) is 95.7 cm³/mol. The van der Waals surface area contributed by atoms with E-state index in [1.165, 1.54) is 0 Å². The molecule has 0 amide bonds. The van der Waals surface area contributed by atoms with E-state index in [1.54, 1.807) is 6.26 Å². The number of fused-ring (bicyclic) bond motifs is 2. The summed E-state index contributed by atoms with van der Waals surface area (Å²) in [5.74, 6) is 0.754. The number of aryl methyl sites for hydroxylation is 1. The van der Waals surface area contributed by atoms with Crippen molar-refractivity contribution in [1.82, 2.24) is 9.55 Å². The average Bonchev–Trinajstić information content (AvgIpc) is 2.94. The summed E-state index contributed by atoms with van der Waals surface area (Å²) < 4.78 is 7.82. The highest BCUT2D eigenvalue weighted by Gasteiger charge is 2.44. The van der Waals surface area contributed by atoms with E-state index in [0.29, 0.717) is 24.2 Å². The Morgan fingerprint density at radius 3 is 2.88 bits per heavy atom. The molecule has 0 radical (unpaired) electrons. The third-order valence-corrected chi connectivity index (χ3v) is 5.67. The maximum atomic E-state index is 13.2. The van der Waals surface area contributed by atoms with Gasteiger partial charge in [-0.3, -0.25) is 4.79 Å². The number of carbonyl (C=O) groups is 1. The van der Waals surface area contributed by atoms with Crippen molar-refractivity contribution in [2.75, 3.05) is 0 Å². The van der Waals surface area contributed by atoms with Gasteiger partial charge >= 0.3 is 0 Å². The van der Waals surface area contributed by atoms with Crippen LogP contribution < -0.4 is 0 Å². The van der Waals surface area contributed by atoms with Crippen LogP contribution >= 0.6 is 0 Å². The second-order valence-corrected chi connectivity index (χ2v) is 7.25. The molecule has 1 saturated carbocycles. The standard InChI is InChI=1S/C20H24N2O3/c1-3-6-12-9-13-18(10-17(12)23)25-11-14(19(13)24)20-21-15-7-4-5-8-16(15)22(20)2/h4-5,7-8,11-13,17-18,23H,3,6,9-10H2,1-2H3. The van der Waals surface area contributed by atoms with Crippen molar-refractivity contribution >= 4 is 22.4 Å². The van der Waals surface area contributed by atoms with Crippen LogP contribution in [0.3, 0.4) is 0 Å². The van der Waals surface area contributed by atoms with Gasteiger partial charge in [0.2, 0.25) is 0 Å². The Hall–Kier alpha value is -2.14. The Morgan fingerprint density at radius 2 is 2.12 bits per heavy atom. The average molecular weight is 340 g/mol. The normalized spacial score (nSPS) is 29.2. The molecule has 5 nitrogen and oxygen atoms in total. The number of imidazole rings is 1. The molecule has 4 unspecified atom stereocenters. The van der Waals surface area contributed by atoms with Crippen molar-refractivity contribution in [3.05, 3.63) is 36.4 Å². The van der Waals surface area contributed by atoms with Crippen LogP contribution in [0, 0.1) is 11.8 Å². The van der Waals surface area contributed by atoms with E-state index in [0.717, 1.165) is 23.9 Å². The summed E-state index contributed by atoms with van der Waals surface area (Å²) in [5, 5.41) is 10.3. The molecule has 1 aliphatic carbocycles. The molecule has 5 heteroatoms. The van der Waals surface area contributed by atoms with Crippen molar-refractivity contribution in [1.29, 1.82) is 0 Å². The van der Waals surface area contributed by atoms with Gasteiger partial charge in [0.05, 0.1) is 34.9 Å². The Kier molecular flexibility index (Phi) is 4.12. The number of allylic oxidation sites excluding steroid dienone is 1. The molecule has 25 heavy (non-hydrogen) atoms. The van der Waals surface area contributed by atoms with E-state index in [4.69, 9.17) is 4.74 Å². The Bertz CT molecular complexity index is 839. The highest BCUT2D eigenvalue weighted by Crippen LogP contribution is 2.40. The summed E-state index contributed by atoms with van der Waals surface area (Å²) in [5.41, 5.74) is 2.42. The minimum atomic E-state index is -0.375. The zero-order valence-corrected chi connectivity index (χ0v) is 14.7. The van der Waals surface area contributed by atoms with Crippen molar-refractivity contribution in [3.63, 3.8) is 0 Å². The van der Waals surface area contributed by atoms with E-state index in [9.17, 15) is 9.90 Å². The molecule has 1 fully saturated rings. The molecule has 1 aliphatic heterocycles. The molecule has 4 atom stereocenters. The fourth-order valence-electron chi connectivity index (χ4n) is 4.30. The number of hydrogen-bond acceptors (Lipinski definition) is 4. The van der Waals surface area contributed by atoms with Crippen LogP contribution in [0.1, 0.15) is 38.4 Å². The van der Waals surface area contributed by atoms with Crippen LogP contribution in [0.5, 0.6) is 0 Å². The van der Waals surface area contributed by atoms with E-state index in [2.05, 4.69) is 11.9 Å². The minimum absolute atomic E-state index is 0.0997. The first-order chi connectivity index (χ1) is 12.1. The van der Waals surface area contributed by atoms with E-state index in [-0.39, 0.29) is 29.8 Å². The first-order valence-corrected chi connectivity index (χ1v) is 9.10. The van der Waals surface area contributed by atoms with Crippen LogP contribution in [0.15, 0.2) is 30.5 Å². The van der Waals surface area contributed by atoms with Gasteiger partial charge in [-0.15, -0.1) is 0 Å². The molecular formula is C20H24N2O3. The molecule has 2 heterocycles. The first-order valence-electron chi connectivity index (χ1n) is 9.10. The molecule has 0 saturated heterocycles. The Balaban J connectivity index is 1.68. The first kappa shape index (κ1) is 16.3. The van der Waals surface area contributed by atoms with Crippen molar-refractivity contribution in [3.8, 4) is 0 Å². The molecular weight excluding hydrogens is 316 g/mol. The topological polar surface area (TPSA) is 64.4 Å². The fraction of sp³-hybridized carbons (Fsp3) is 0.500. The maximum Gasteiger partial charge on any atom is 0.176 e. The van der Waals surface area contributed by atoms with Crippen LogP contribution in [0.25, 0.3) is 16.6 Å². The smallest absolute Gasteiger partial charge is 0.176 e. The molecule has 2 aromatic rings. The second kappa shape index (κ2) is 6.30. The highest BCUT2D eigenvalue weighted by molar-refractivity contribution is 6.21. The van der Waals surface area contributed by atoms with Crippen molar-refractivity contribution in [2.24, 2.45) is 18.9 Å². The van der Waals surface area contributed by atoms with E-state index in [1.807, 2.05) is 35.9 Å². The van der Waals surface area contributed by atoms with Gasteiger partial charge in [0.15, 0.2) is 5.78 Å². The molecule has 0 bridgehead atoms. The Labute approximate surface area is 147 Å². The van der Waals surface area contributed by atoms with Crippen LogP contribution in [-0.2, 0) is 16.6 Å². The van der Waals surface area contributed by atoms with Gasteiger partial charge in [-0.25, -0.2) is 4.98 Å². The number of carbonyl (C=O) groups excluding carboxylic acids is 1. The largest absolute Gasteiger partial charge is 0.496 e. The summed E-state index contributed by atoms with van der Waals surface area (Å²) in [6.45, 7) is 2.11. The molecule has 2 aliphatic rings. The predicted octanol–water partition coefficient (Wildman–Crippen LogP) is 3.07. The minimum Gasteiger partial charge on any atom is -0.496 e. The number of ether oxygens (including phenoxy) is 1. The molecule has 1 aromatic carbocycles. The number of hydrogen-bond donors (Lipinski definition) is 1. The van der Waals surface area contributed by atoms with Crippen LogP contribution in [0.4, 0.5) is 0 Å². The van der Waals surface area contributed by atoms with Gasteiger partial charge in [0, 0.05) is 13.5 Å². The molecule has 1 aromatic heterocycles. The lowest BCUT2D eigenvalue weighted by molar-refractivity contribution is -0.129. The van der Waals surface area contributed by atoms with E-state index < -0.39 is 0 Å². The lowest BCUT2D eigenvalue weighted by Crippen LogP contribution is -2.45.